The number of rotatable bonds is 6. The Labute approximate surface area is 117 Å². The van der Waals surface area contributed by atoms with Crippen molar-refractivity contribution in [2.24, 2.45) is 10.8 Å². The zero-order valence-electron chi connectivity index (χ0n) is 13.2. The molecule has 0 N–H and O–H groups in total. The maximum Gasteiger partial charge on any atom is 0.00327 e. The Hall–Kier alpha value is 0.310. The van der Waals surface area contributed by atoms with E-state index in [9.17, 15) is 0 Å². The molecule has 1 aliphatic rings. The number of hydrogen-bond acceptors (Lipinski definition) is 1. The van der Waals surface area contributed by atoms with Gasteiger partial charge in [0.1, 0.15) is 0 Å². The molecule has 0 heterocycles. The average Bonchev–Trinajstić information content (AvgIpc) is 2.94. The van der Waals surface area contributed by atoms with Crippen molar-refractivity contribution in [1.29, 1.82) is 0 Å². The first-order valence-electron chi connectivity index (χ1n) is 7.13. The van der Waals surface area contributed by atoms with Gasteiger partial charge in [0.25, 0.3) is 0 Å². The zero-order valence-corrected chi connectivity index (χ0v) is 14.2. The molecule has 1 aliphatic carbocycles. The number of hydrogen-bond donors (Lipinski definition) is 0. The third-order valence-corrected chi connectivity index (χ3v) is 3.55. The first kappa shape index (κ1) is 19.6. The molecule has 106 valence electrons. The standard InChI is InChI=1S/C13H27N.C2H6.H2S/c1-6-14(7-2)11-12(3,4)10-13(5)8-9-13;1-2;/h6-11H2,1-5H3;1-2H3;1H2. The maximum absolute atomic E-state index is 2.55. The molecule has 1 fully saturated rings. The van der Waals surface area contributed by atoms with Crippen molar-refractivity contribution in [2.45, 2.75) is 67.7 Å². The van der Waals surface area contributed by atoms with Crippen LogP contribution >= 0.6 is 13.5 Å². The van der Waals surface area contributed by atoms with Gasteiger partial charge >= 0.3 is 0 Å². The molecule has 1 nitrogen and oxygen atoms in total. The summed E-state index contributed by atoms with van der Waals surface area (Å²) in [7, 11) is 0. The van der Waals surface area contributed by atoms with Crippen molar-refractivity contribution in [3.63, 3.8) is 0 Å². The summed E-state index contributed by atoms with van der Waals surface area (Å²) in [5.41, 5.74) is 1.19. The highest BCUT2D eigenvalue weighted by Gasteiger charge is 2.41. The molecule has 0 amide bonds. The van der Waals surface area contributed by atoms with Gasteiger partial charge in [-0.15, -0.1) is 0 Å². The second kappa shape index (κ2) is 8.42. The Bertz CT molecular complexity index is 181. The lowest BCUT2D eigenvalue weighted by Crippen LogP contribution is -2.35. The fourth-order valence-electron chi connectivity index (χ4n) is 2.65. The van der Waals surface area contributed by atoms with Crippen LogP contribution in [0, 0.1) is 10.8 Å². The minimum atomic E-state index is 0. The SMILES string of the molecule is CC.CCN(CC)CC(C)(C)CC1(C)CC1.S. The molecular weight excluding hydrogens is 226 g/mol. The van der Waals surface area contributed by atoms with Crippen LogP contribution in [0.25, 0.3) is 0 Å². The van der Waals surface area contributed by atoms with Gasteiger partial charge in [0, 0.05) is 6.54 Å². The number of nitrogens with zero attached hydrogens (tertiary/aromatic N) is 1. The molecule has 1 rings (SSSR count). The molecule has 0 saturated heterocycles. The molecule has 0 atom stereocenters. The Kier molecular flexibility index (Phi) is 9.73. The zero-order chi connectivity index (χ0) is 12.8. The molecule has 1 saturated carbocycles. The van der Waals surface area contributed by atoms with Gasteiger partial charge in [0.2, 0.25) is 0 Å². The van der Waals surface area contributed by atoms with Crippen molar-refractivity contribution in [1.82, 2.24) is 4.90 Å². The molecule has 0 spiro atoms. The monoisotopic (exact) mass is 261 g/mol. The first-order chi connectivity index (χ1) is 7.41. The summed E-state index contributed by atoms with van der Waals surface area (Å²) in [6, 6.07) is 0. The van der Waals surface area contributed by atoms with E-state index >= 15 is 0 Å². The van der Waals surface area contributed by atoms with E-state index in [1.165, 1.54) is 38.9 Å². The summed E-state index contributed by atoms with van der Waals surface area (Å²) in [5, 5.41) is 0. The van der Waals surface area contributed by atoms with E-state index in [4.69, 9.17) is 0 Å². The van der Waals surface area contributed by atoms with E-state index in [2.05, 4.69) is 39.5 Å². The summed E-state index contributed by atoms with van der Waals surface area (Å²) in [6.45, 7) is 19.5. The highest BCUT2D eigenvalue weighted by molar-refractivity contribution is 7.59. The van der Waals surface area contributed by atoms with Crippen molar-refractivity contribution in [2.75, 3.05) is 19.6 Å². The van der Waals surface area contributed by atoms with E-state index in [0.29, 0.717) is 10.8 Å². The van der Waals surface area contributed by atoms with Gasteiger partial charge in [-0.05, 0) is 43.2 Å². The normalized spacial score (nSPS) is 16.9. The average molecular weight is 262 g/mol. The lowest BCUT2D eigenvalue weighted by molar-refractivity contribution is 0.158. The Morgan fingerprint density at radius 1 is 1.06 bits per heavy atom. The molecule has 0 bridgehead atoms. The summed E-state index contributed by atoms with van der Waals surface area (Å²) >= 11 is 0. The second-order valence-corrected chi connectivity index (χ2v) is 6.11. The van der Waals surface area contributed by atoms with Gasteiger partial charge in [-0.3, -0.25) is 0 Å². The summed E-state index contributed by atoms with van der Waals surface area (Å²) < 4.78 is 0. The molecule has 17 heavy (non-hydrogen) atoms. The smallest absolute Gasteiger partial charge is 0.00327 e. The molecule has 0 aromatic heterocycles. The van der Waals surface area contributed by atoms with Crippen LogP contribution < -0.4 is 0 Å². The van der Waals surface area contributed by atoms with E-state index in [1.807, 2.05) is 13.8 Å². The molecule has 0 unspecified atom stereocenters. The van der Waals surface area contributed by atoms with Crippen LogP contribution in [0.4, 0.5) is 0 Å². The van der Waals surface area contributed by atoms with E-state index in [-0.39, 0.29) is 13.5 Å². The van der Waals surface area contributed by atoms with Crippen molar-refractivity contribution in [3.05, 3.63) is 0 Å². The van der Waals surface area contributed by atoms with Crippen LogP contribution in [-0.4, -0.2) is 24.5 Å². The largest absolute Gasteiger partial charge is 0.303 e. The molecule has 2 heteroatoms. The maximum atomic E-state index is 2.55. The highest BCUT2D eigenvalue weighted by Crippen LogP contribution is 2.52. The summed E-state index contributed by atoms with van der Waals surface area (Å²) in [6.07, 6.45) is 4.31. The Morgan fingerprint density at radius 3 is 1.76 bits per heavy atom. The van der Waals surface area contributed by atoms with Gasteiger partial charge in [-0.2, -0.15) is 13.5 Å². The fraction of sp³-hybridized carbons (Fsp3) is 1.00. The minimum absolute atomic E-state index is 0. The van der Waals surface area contributed by atoms with Crippen LogP contribution in [0.1, 0.15) is 67.7 Å². The predicted molar refractivity (Wildman–Crippen MR) is 85.3 cm³/mol. The Balaban J connectivity index is 0. The van der Waals surface area contributed by atoms with Crippen LogP contribution in [0.5, 0.6) is 0 Å². The molecule has 0 aromatic carbocycles. The van der Waals surface area contributed by atoms with Crippen LogP contribution in [0.3, 0.4) is 0 Å². The third kappa shape index (κ3) is 8.10. The van der Waals surface area contributed by atoms with Gasteiger partial charge in [0.15, 0.2) is 0 Å². The molecular formula is C15H35NS. The topological polar surface area (TPSA) is 3.24 Å². The van der Waals surface area contributed by atoms with Gasteiger partial charge in [-0.25, -0.2) is 0 Å². The van der Waals surface area contributed by atoms with Gasteiger partial charge in [0.05, 0.1) is 0 Å². The molecule has 0 aliphatic heterocycles. The lowest BCUT2D eigenvalue weighted by atomic mass is 9.81. The molecule has 0 radical (unpaired) electrons. The van der Waals surface area contributed by atoms with Crippen LogP contribution in [0.15, 0.2) is 0 Å². The quantitative estimate of drug-likeness (QED) is 0.671. The van der Waals surface area contributed by atoms with Gasteiger partial charge in [-0.1, -0.05) is 48.5 Å². The van der Waals surface area contributed by atoms with E-state index < -0.39 is 0 Å². The summed E-state index contributed by atoms with van der Waals surface area (Å²) in [5.74, 6) is 0. The lowest BCUT2D eigenvalue weighted by Gasteiger charge is -2.33. The molecule has 0 aromatic rings. The fourth-order valence-corrected chi connectivity index (χ4v) is 2.65. The summed E-state index contributed by atoms with van der Waals surface area (Å²) in [4.78, 5) is 2.55. The van der Waals surface area contributed by atoms with Crippen molar-refractivity contribution >= 4 is 13.5 Å². The van der Waals surface area contributed by atoms with Crippen molar-refractivity contribution in [3.8, 4) is 0 Å². The van der Waals surface area contributed by atoms with Crippen LogP contribution in [-0.2, 0) is 0 Å². The van der Waals surface area contributed by atoms with E-state index in [1.54, 1.807) is 0 Å². The second-order valence-electron chi connectivity index (χ2n) is 6.11. The van der Waals surface area contributed by atoms with E-state index in [0.717, 1.165) is 0 Å². The Morgan fingerprint density at radius 2 is 1.47 bits per heavy atom. The minimum Gasteiger partial charge on any atom is -0.303 e. The van der Waals surface area contributed by atoms with Gasteiger partial charge < -0.3 is 4.90 Å². The third-order valence-electron chi connectivity index (χ3n) is 3.55. The predicted octanol–water partition coefficient (Wildman–Crippen LogP) is 4.68. The highest BCUT2D eigenvalue weighted by atomic mass is 32.1. The first-order valence-corrected chi connectivity index (χ1v) is 7.13. The van der Waals surface area contributed by atoms with Crippen molar-refractivity contribution < 1.29 is 0 Å². The van der Waals surface area contributed by atoms with Crippen LogP contribution in [0.2, 0.25) is 0 Å².